The van der Waals surface area contributed by atoms with E-state index in [-0.39, 0.29) is 23.8 Å². The Kier molecular flexibility index (Phi) is 7.44. The maximum atomic E-state index is 12.7. The van der Waals surface area contributed by atoms with Crippen LogP contribution in [0, 0.1) is 12.3 Å². The molecule has 158 valence electrons. The number of halogens is 2. The second-order valence-corrected chi connectivity index (χ2v) is 8.51. The second kappa shape index (κ2) is 10.1. The SMILES string of the molecule is C#CCOc1c(Br)cc(/C=C2\SC(=O)N(CC(=O)c3ccc(Cl)cc3)C2=O)cc1OC. The van der Waals surface area contributed by atoms with Crippen molar-refractivity contribution in [2.75, 3.05) is 20.3 Å². The molecule has 0 aromatic heterocycles. The normalized spacial score (nSPS) is 14.6. The minimum atomic E-state index is -0.542. The zero-order chi connectivity index (χ0) is 22.5. The van der Waals surface area contributed by atoms with Gasteiger partial charge in [-0.05, 0) is 75.7 Å². The van der Waals surface area contributed by atoms with Crippen molar-refractivity contribution in [3.05, 3.63) is 61.9 Å². The van der Waals surface area contributed by atoms with Gasteiger partial charge in [-0.3, -0.25) is 19.3 Å². The van der Waals surface area contributed by atoms with Gasteiger partial charge in [0.15, 0.2) is 17.3 Å². The first kappa shape index (κ1) is 22.9. The van der Waals surface area contributed by atoms with Crippen molar-refractivity contribution in [1.82, 2.24) is 4.90 Å². The fraction of sp³-hybridized carbons (Fsp3) is 0.136. The summed E-state index contributed by atoms with van der Waals surface area (Å²) >= 11 is 9.99. The summed E-state index contributed by atoms with van der Waals surface area (Å²) in [5.41, 5.74) is 0.968. The third kappa shape index (κ3) is 5.31. The number of ether oxygens (including phenoxy) is 2. The van der Waals surface area contributed by atoms with Crippen LogP contribution >= 0.6 is 39.3 Å². The Hall–Kier alpha value is -2.73. The standard InChI is InChI=1S/C22H15BrClNO5S/c1-3-8-30-20-16(23)9-13(10-18(20)29-2)11-19-21(27)25(22(28)31-19)12-17(26)14-4-6-15(24)7-5-14/h1,4-7,9-11H,8,12H2,2H3/b19-11-. The summed E-state index contributed by atoms with van der Waals surface area (Å²) in [5.74, 6) is 2.32. The molecule has 0 unspecified atom stereocenters. The van der Waals surface area contributed by atoms with E-state index in [0.29, 0.717) is 32.1 Å². The summed E-state index contributed by atoms with van der Waals surface area (Å²) in [7, 11) is 1.48. The Morgan fingerprint density at radius 3 is 2.65 bits per heavy atom. The van der Waals surface area contributed by atoms with Crippen LogP contribution in [0.1, 0.15) is 15.9 Å². The van der Waals surface area contributed by atoms with Gasteiger partial charge >= 0.3 is 0 Å². The highest BCUT2D eigenvalue weighted by Crippen LogP contribution is 2.39. The number of ketones is 1. The van der Waals surface area contributed by atoms with E-state index >= 15 is 0 Å². The zero-order valence-electron chi connectivity index (χ0n) is 16.2. The van der Waals surface area contributed by atoms with Gasteiger partial charge in [-0.1, -0.05) is 17.5 Å². The van der Waals surface area contributed by atoms with Crippen molar-refractivity contribution in [3.8, 4) is 23.8 Å². The smallest absolute Gasteiger partial charge is 0.293 e. The highest BCUT2D eigenvalue weighted by atomic mass is 79.9. The molecule has 2 amide bonds. The van der Waals surface area contributed by atoms with E-state index in [9.17, 15) is 14.4 Å². The Labute approximate surface area is 196 Å². The van der Waals surface area contributed by atoms with E-state index in [2.05, 4.69) is 21.9 Å². The fourth-order valence-corrected chi connectivity index (χ4v) is 4.27. The van der Waals surface area contributed by atoms with Crippen molar-refractivity contribution in [2.45, 2.75) is 0 Å². The summed E-state index contributed by atoms with van der Waals surface area (Å²) in [4.78, 5) is 38.7. The molecule has 31 heavy (non-hydrogen) atoms. The quantitative estimate of drug-likeness (QED) is 0.289. The molecule has 1 aliphatic rings. The molecule has 1 saturated heterocycles. The molecule has 2 aromatic rings. The Bertz CT molecular complexity index is 1120. The van der Waals surface area contributed by atoms with E-state index in [1.54, 1.807) is 42.5 Å². The van der Waals surface area contributed by atoms with Crippen molar-refractivity contribution >= 4 is 62.3 Å². The second-order valence-electron chi connectivity index (χ2n) is 6.22. The zero-order valence-corrected chi connectivity index (χ0v) is 19.3. The summed E-state index contributed by atoms with van der Waals surface area (Å²) in [6, 6.07) is 9.61. The first-order chi connectivity index (χ1) is 14.8. The van der Waals surface area contributed by atoms with Gasteiger partial charge in [0.2, 0.25) is 0 Å². The number of rotatable bonds is 7. The number of Topliss-reactive ketones (excluding diaryl/α,β-unsaturated/α-hetero) is 1. The molecular weight excluding hydrogens is 506 g/mol. The van der Waals surface area contributed by atoms with Gasteiger partial charge in [0.05, 0.1) is 23.0 Å². The molecule has 0 aliphatic carbocycles. The number of terminal acetylenes is 1. The number of carbonyl (C=O) groups is 3. The maximum absolute atomic E-state index is 12.7. The number of hydrogen-bond donors (Lipinski definition) is 0. The van der Waals surface area contributed by atoms with Crippen LogP contribution < -0.4 is 9.47 Å². The van der Waals surface area contributed by atoms with Crippen LogP contribution in [0.4, 0.5) is 4.79 Å². The first-order valence-corrected chi connectivity index (χ1v) is 10.8. The average molecular weight is 521 g/mol. The number of imide groups is 1. The molecule has 9 heteroatoms. The molecule has 0 saturated carbocycles. The van der Waals surface area contributed by atoms with E-state index in [1.807, 2.05) is 0 Å². The summed E-state index contributed by atoms with van der Waals surface area (Å²) in [5, 5.41) is -0.0264. The third-order valence-corrected chi connectivity index (χ3v) is 5.94. The molecule has 0 N–H and O–H groups in total. The van der Waals surface area contributed by atoms with Gasteiger partial charge in [0.1, 0.15) is 6.61 Å². The molecule has 1 heterocycles. The molecule has 2 aromatic carbocycles. The number of amides is 2. The van der Waals surface area contributed by atoms with Crippen molar-refractivity contribution in [2.24, 2.45) is 0 Å². The van der Waals surface area contributed by atoms with Crippen molar-refractivity contribution in [3.63, 3.8) is 0 Å². The maximum Gasteiger partial charge on any atom is 0.293 e. The highest BCUT2D eigenvalue weighted by Gasteiger charge is 2.36. The molecule has 3 rings (SSSR count). The van der Waals surface area contributed by atoms with Crippen LogP contribution in [0.15, 0.2) is 45.8 Å². The molecule has 6 nitrogen and oxygen atoms in total. The fourth-order valence-electron chi connectivity index (χ4n) is 2.74. The van der Waals surface area contributed by atoms with Gasteiger partial charge in [-0.15, -0.1) is 6.42 Å². The predicted octanol–water partition coefficient (Wildman–Crippen LogP) is 5.04. The number of nitrogens with zero attached hydrogens (tertiary/aromatic N) is 1. The average Bonchev–Trinajstić information content (AvgIpc) is 3.00. The lowest BCUT2D eigenvalue weighted by Gasteiger charge is -2.12. The van der Waals surface area contributed by atoms with Gasteiger partial charge in [0.25, 0.3) is 11.1 Å². The predicted molar refractivity (Wildman–Crippen MR) is 123 cm³/mol. The lowest BCUT2D eigenvalue weighted by molar-refractivity contribution is -0.122. The van der Waals surface area contributed by atoms with E-state index in [0.717, 1.165) is 16.7 Å². The van der Waals surface area contributed by atoms with Crippen molar-refractivity contribution < 1.29 is 23.9 Å². The van der Waals surface area contributed by atoms with Crippen LogP contribution in [-0.2, 0) is 4.79 Å². The number of methoxy groups -OCH3 is 1. The number of thioether (sulfide) groups is 1. The monoisotopic (exact) mass is 519 g/mol. The van der Waals surface area contributed by atoms with Gasteiger partial charge < -0.3 is 9.47 Å². The molecule has 0 bridgehead atoms. The van der Waals surface area contributed by atoms with E-state index in [1.165, 1.54) is 7.11 Å². The Morgan fingerprint density at radius 2 is 2.00 bits per heavy atom. The lowest BCUT2D eigenvalue weighted by atomic mass is 10.1. The molecule has 0 radical (unpaired) electrons. The molecule has 1 aliphatic heterocycles. The number of benzene rings is 2. The van der Waals surface area contributed by atoms with Crippen LogP contribution in [0.3, 0.4) is 0 Å². The van der Waals surface area contributed by atoms with Crippen molar-refractivity contribution in [1.29, 1.82) is 0 Å². The summed E-state index contributed by atoms with van der Waals surface area (Å²) < 4.78 is 11.4. The van der Waals surface area contributed by atoms with E-state index in [4.69, 9.17) is 27.5 Å². The number of hydrogen-bond acceptors (Lipinski definition) is 6. The van der Waals surface area contributed by atoms with Gasteiger partial charge in [-0.25, -0.2) is 0 Å². The summed E-state index contributed by atoms with van der Waals surface area (Å²) in [6.07, 6.45) is 6.78. The number of carbonyl (C=O) groups excluding carboxylic acids is 3. The van der Waals surface area contributed by atoms with Crippen LogP contribution in [0.5, 0.6) is 11.5 Å². The van der Waals surface area contributed by atoms with Crippen LogP contribution in [0.2, 0.25) is 5.02 Å². The molecule has 0 spiro atoms. The minimum Gasteiger partial charge on any atom is -0.493 e. The molecule has 1 fully saturated rings. The topological polar surface area (TPSA) is 72.9 Å². The van der Waals surface area contributed by atoms with E-state index < -0.39 is 11.1 Å². The molecule has 0 atom stereocenters. The third-order valence-electron chi connectivity index (χ3n) is 4.19. The van der Waals surface area contributed by atoms with Crippen LogP contribution in [0.25, 0.3) is 6.08 Å². The largest absolute Gasteiger partial charge is 0.493 e. The summed E-state index contributed by atoms with van der Waals surface area (Å²) in [6.45, 7) is -0.287. The van der Waals surface area contributed by atoms with Gasteiger partial charge in [0, 0.05) is 10.6 Å². The molecular formula is C22H15BrClNO5S. The Balaban J connectivity index is 1.81. The minimum absolute atomic E-state index is 0.0643. The lowest BCUT2D eigenvalue weighted by Crippen LogP contribution is -2.33. The first-order valence-electron chi connectivity index (χ1n) is 8.82. The van der Waals surface area contributed by atoms with Crippen LogP contribution in [-0.4, -0.2) is 42.1 Å². The Morgan fingerprint density at radius 1 is 1.29 bits per heavy atom. The van der Waals surface area contributed by atoms with Gasteiger partial charge in [-0.2, -0.15) is 0 Å². The highest BCUT2D eigenvalue weighted by molar-refractivity contribution is 9.10.